The molecular formula is C11H15NO2S. The lowest BCUT2D eigenvalue weighted by Crippen LogP contribution is -2.12. The summed E-state index contributed by atoms with van der Waals surface area (Å²) in [6.07, 6.45) is 1.59. The van der Waals surface area contributed by atoms with Crippen molar-refractivity contribution in [3.8, 4) is 0 Å². The van der Waals surface area contributed by atoms with E-state index in [-0.39, 0.29) is 10.4 Å². The Bertz CT molecular complexity index is 452. The molecule has 0 aromatic carbocycles. The van der Waals surface area contributed by atoms with E-state index in [0.29, 0.717) is 0 Å². The van der Waals surface area contributed by atoms with Crippen molar-refractivity contribution < 1.29 is 8.42 Å². The van der Waals surface area contributed by atoms with Crippen LogP contribution in [0.1, 0.15) is 26.3 Å². The molecule has 0 spiro atoms. The molecule has 15 heavy (non-hydrogen) atoms. The van der Waals surface area contributed by atoms with Crippen LogP contribution < -0.4 is 0 Å². The minimum absolute atomic E-state index is 0.0243. The second-order valence-corrected chi connectivity index (χ2v) is 6.19. The number of nitrogens with zero attached hydrogens (tertiary/aromatic N) is 1. The standard InChI is InChI=1S/C11H15NO2S/c1-5-15(13,14)10-7-6-9(8-12-10)11(2,3)4/h5-8H,1H2,2-4H3. The summed E-state index contributed by atoms with van der Waals surface area (Å²) in [7, 11) is -3.41. The van der Waals surface area contributed by atoms with Crippen LogP contribution in [0.3, 0.4) is 0 Å². The van der Waals surface area contributed by atoms with Gasteiger partial charge in [0, 0.05) is 11.6 Å². The monoisotopic (exact) mass is 225 g/mol. The van der Waals surface area contributed by atoms with Gasteiger partial charge in [-0.05, 0) is 17.0 Å². The summed E-state index contributed by atoms with van der Waals surface area (Å²) in [5.41, 5.74) is 0.981. The van der Waals surface area contributed by atoms with Gasteiger partial charge in [0.15, 0.2) is 5.03 Å². The summed E-state index contributed by atoms with van der Waals surface area (Å²) in [4.78, 5) is 3.93. The molecule has 0 fully saturated rings. The Labute approximate surface area is 90.8 Å². The van der Waals surface area contributed by atoms with Crippen LogP contribution in [0.4, 0.5) is 0 Å². The highest BCUT2D eigenvalue weighted by Crippen LogP contribution is 2.22. The van der Waals surface area contributed by atoms with Crippen molar-refractivity contribution in [2.75, 3.05) is 0 Å². The quantitative estimate of drug-likeness (QED) is 0.776. The van der Waals surface area contributed by atoms with Gasteiger partial charge >= 0.3 is 0 Å². The lowest BCUT2D eigenvalue weighted by molar-refractivity contribution is 0.582. The molecule has 1 rings (SSSR count). The fraction of sp³-hybridized carbons (Fsp3) is 0.364. The van der Waals surface area contributed by atoms with Gasteiger partial charge in [0.1, 0.15) is 0 Å². The molecule has 1 heterocycles. The molecule has 0 atom stereocenters. The topological polar surface area (TPSA) is 47.0 Å². The zero-order valence-corrected chi connectivity index (χ0v) is 10.0. The van der Waals surface area contributed by atoms with Crippen LogP contribution >= 0.6 is 0 Å². The van der Waals surface area contributed by atoms with E-state index in [1.807, 2.05) is 20.8 Å². The largest absolute Gasteiger partial charge is 0.244 e. The third-order valence-corrected chi connectivity index (χ3v) is 3.38. The molecular weight excluding hydrogens is 210 g/mol. The van der Waals surface area contributed by atoms with Crippen LogP contribution in [0, 0.1) is 0 Å². The van der Waals surface area contributed by atoms with E-state index in [9.17, 15) is 8.42 Å². The number of hydrogen-bond donors (Lipinski definition) is 0. The van der Waals surface area contributed by atoms with E-state index in [1.54, 1.807) is 12.3 Å². The molecule has 0 saturated heterocycles. The maximum Gasteiger partial charge on any atom is 0.216 e. The average molecular weight is 225 g/mol. The summed E-state index contributed by atoms with van der Waals surface area (Å²) >= 11 is 0. The van der Waals surface area contributed by atoms with Gasteiger partial charge in [-0.3, -0.25) is 0 Å². The van der Waals surface area contributed by atoms with Crippen LogP contribution in [-0.4, -0.2) is 13.4 Å². The van der Waals surface area contributed by atoms with Crippen LogP contribution in [-0.2, 0) is 15.3 Å². The number of aromatic nitrogens is 1. The lowest BCUT2D eigenvalue weighted by Gasteiger charge is -2.18. The van der Waals surface area contributed by atoms with Crippen molar-refractivity contribution >= 4 is 9.84 Å². The Morgan fingerprint density at radius 1 is 1.33 bits per heavy atom. The SMILES string of the molecule is C=CS(=O)(=O)c1ccc(C(C)(C)C)cn1. The summed E-state index contributed by atoms with van der Waals surface area (Å²) in [5.74, 6) is 0. The molecule has 3 nitrogen and oxygen atoms in total. The maximum absolute atomic E-state index is 11.4. The first-order chi connectivity index (χ1) is 6.77. The van der Waals surface area contributed by atoms with Gasteiger partial charge in [-0.25, -0.2) is 13.4 Å². The summed E-state index contributed by atoms with van der Waals surface area (Å²) in [5, 5.41) is 0.956. The molecule has 0 aliphatic heterocycles. The van der Waals surface area contributed by atoms with Gasteiger partial charge in [0.25, 0.3) is 0 Å². The average Bonchev–Trinajstić information content (AvgIpc) is 2.17. The Hall–Kier alpha value is -1.16. The van der Waals surface area contributed by atoms with E-state index in [0.717, 1.165) is 11.0 Å². The second kappa shape index (κ2) is 3.77. The van der Waals surface area contributed by atoms with Crippen LogP contribution in [0.2, 0.25) is 0 Å². The molecule has 4 heteroatoms. The zero-order valence-electron chi connectivity index (χ0n) is 9.19. The Balaban J connectivity index is 3.17. The van der Waals surface area contributed by atoms with Crippen LogP contribution in [0.25, 0.3) is 0 Å². The molecule has 0 saturated carbocycles. The van der Waals surface area contributed by atoms with Crippen molar-refractivity contribution in [1.82, 2.24) is 4.98 Å². The first-order valence-electron chi connectivity index (χ1n) is 4.61. The Morgan fingerprint density at radius 2 is 1.93 bits per heavy atom. The van der Waals surface area contributed by atoms with Crippen LogP contribution in [0.5, 0.6) is 0 Å². The van der Waals surface area contributed by atoms with Gasteiger partial charge in [0.2, 0.25) is 9.84 Å². The van der Waals surface area contributed by atoms with Gasteiger partial charge in [0.05, 0.1) is 0 Å². The van der Waals surface area contributed by atoms with Gasteiger partial charge in [-0.15, -0.1) is 0 Å². The molecule has 82 valence electrons. The van der Waals surface area contributed by atoms with Crippen molar-refractivity contribution in [3.63, 3.8) is 0 Å². The zero-order chi connectivity index (χ0) is 11.7. The van der Waals surface area contributed by atoms with E-state index in [1.165, 1.54) is 6.07 Å². The van der Waals surface area contributed by atoms with Crippen molar-refractivity contribution in [2.24, 2.45) is 0 Å². The normalized spacial score (nSPS) is 12.5. The molecule has 1 aromatic rings. The molecule has 0 N–H and O–H groups in total. The highest BCUT2D eigenvalue weighted by molar-refractivity contribution is 7.94. The third kappa shape index (κ3) is 2.65. The predicted octanol–water partition coefficient (Wildman–Crippen LogP) is 2.30. The smallest absolute Gasteiger partial charge is 0.216 e. The Kier molecular flexibility index (Phi) is 3.00. The number of pyridine rings is 1. The number of hydrogen-bond acceptors (Lipinski definition) is 3. The van der Waals surface area contributed by atoms with Crippen molar-refractivity contribution in [2.45, 2.75) is 31.2 Å². The summed E-state index contributed by atoms with van der Waals surface area (Å²) < 4.78 is 22.8. The first kappa shape index (κ1) is 11.9. The second-order valence-electron chi connectivity index (χ2n) is 4.35. The van der Waals surface area contributed by atoms with Gasteiger partial charge in [-0.1, -0.05) is 33.4 Å². The minimum Gasteiger partial charge on any atom is -0.244 e. The number of sulfone groups is 1. The molecule has 0 amide bonds. The molecule has 0 radical (unpaired) electrons. The molecule has 0 bridgehead atoms. The molecule has 0 unspecified atom stereocenters. The minimum atomic E-state index is -3.41. The molecule has 0 aliphatic carbocycles. The fourth-order valence-corrected chi connectivity index (χ4v) is 1.71. The summed E-state index contributed by atoms with van der Waals surface area (Å²) in [6.45, 7) is 9.39. The van der Waals surface area contributed by atoms with Gasteiger partial charge in [-0.2, -0.15) is 0 Å². The van der Waals surface area contributed by atoms with Gasteiger partial charge < -0.3 is 0 Å². The molecule has 0 aliphatic rings. The highest BCUT2D eigenvalue weighted by Gasteiger charge is 2.16. The maximum atomic E-state index is 11.4. The van der Waals surface area contributed by atoms with E-state index >= 15 is 0 Å². The van der Waals surface area contributed by atoms with Crippen molar-refractivity contribution in [3.05, 3.63) is 35.9 Å². The predicted molar refractivity (Wildman–Crippen MR) is 60.3 cm³/mol. The lowest BCUT2D eigenvalue weighted by atomic mass is 9.88. The summed E-state index contributed by atoms with van der Waals surface area (Å²) in [6, 6.07) is 3.29. The van der Waals surface area contributed by atoms with Crippen LogP contribution in [0.15, 0.2) is 35.3 Å². The van der Waals surface area contributed by atoms with E-state index in [4.69, 9.17) is 0 Å². The van der Waals surface area contributed by atoms with Crippen molar-refractivity contribution in [1.29, 1.82) is 0 Å². The molecule has 1 aromatic heterocycles. The van der Waals surface area contributed by atoms with E-state index in [2.05, 4.69) is 11.6 Å². The number of rotatable bonds is 2. The fourth-order valence-electron chi connectivity index (χ4n) is 1.08. The highest BCUT2D eigenvalue weighted by atomic mass is 32.2. The third-order valence-electron chi connectivity index (χ3n) is 2.11. The first-order valence-corrected chi connectivity index (χ1v) is 6.16. The van der Waals surface area contributed by atoms with E-state index < -0.39 is 9.84 Å². The Morgan fingerprint density at radius 3 is 2.27 bits per heavy atom.